The van der Waals surface area contributed by atoms with Crippen LogP contribution in [0.2, 0.25) is 0 Å². The summed E-state index contributed by atoms with van der Waals surface area (Å²) in [5.74, 6) is 0.881. The quantitative estimate of drug-likeness (QED) is 0.762. The molecule has 0 aliphatic carbocycles. The molecule has 0 bridgehead atoms. The summed E-state index contributed by atoms with van der Waals surface area (Å²) in [5, 5.41) is 4.10. The van der Waals surface area contributed by atoms with Crippen LogP contribution in [0.4, 0.5) is 0 Å². The van der Waals surface area contributed by atoms with Crippen LogP contribution in [-0.4, -0.2) is 11.5 Å². The Morgan fingerprint density at radius 3 is 2.75 bits per heavy atom. The molecular formula is C15H19BrN2OS. The lowest BCUT2D eigenvalue weighted by atomic mass is 10.2. The summed E-state index contributed by atoms with van der Waals surface area (Å²) >= 11 is 5.17. The van der Waals surface area contributed by atoms with Crippen LogP contribution in [0.1, 0.15) is 30.4 Å². The van der Waals surface area contributed by atoms with E-state index in [1.54, 1.807) is 11.8 Å². The second kappa shape index (κ2) is 7.29. The predicted octanol–water partition coefficient (Wildman–Crippen LogP) is 4.70. The lowest BCUT2D eigenvalue weighted by molar-refractivity contribution is 0.431. The molecule has 0 aliphatic heterocycles. The number of nitrogens with zero attached hydrogens (tertiary/aromatic N) is 1. The molecule has 0 saturated heterocycles. The van der Waals surface area contributed by atoms with Crippen molar-refractivity contribution in [1.29, 1.82) is 0 Å². The van der Waals surface area contributed by atoms with Crippen molar-refractivity contribution < 1.29 is 4.42 Å². The van der Waals surface area contributed by atoms with E-state index < -0.39 is 0 Å². The molecule has 1 heterocycles. The van der Waals surface area contributed by atoms with E-state index in [9.17, 15) is 0 Å². The van der Waals surface area contributed by atoms with Crippen LogP contribution in [0.3, 0.4) is 0 Å². The van der Waals surface area contributed by atoms with Gasteiger partial charge in [0.25, 0.3) is 5.22 Å². The smallest absolute Gasteiger partial charge is 0.260 e. The molecule has 3 nitrogen and oxygen atoms in total. The topological polar surface area (TPSA) is 38.1 Å². The molecule has 0 spiro atoms. The first-order valence-electron chi connectivity index (χ1n) is 6.71. The van der Waals surface area contributed by atoms with Gasteiger partial charge in [0, 0.05) is 15.9 Å². The Bertz CT molecular complexity index is 564. The molecule has 0 saturated carbocycles. The average Bonchev–Trinajstić information content (AvgIpc) is 2.71. The van der Waals surface area contributed by atoms with Gasteiger partial charge in [-0.3, -0.25) is 0 Å². The molecule has 2 rings (SSSR count). The van der Waals surface area contributed by atoms with E-state index in [4.69, 9.17) is 4.42 Å². The van der Waals surface area contributed by atoms with Crippen molar-refractivity contribution in [2.45, 2.75) is 43.9 Å². The maximum Gasteiger partial charge on any atom is 0.260 e. The van der Waals surface area contributed by atoms with Gasteiger partial charge in [0.2, 0.25) is 0 Å². The molecule has 0 fully saturated rings. The number of hydrogen-bond acceptors (Lipinski definition) is 4. The zero-order chi connectivity index (χ0) is 14.5. The summed E-state index contributed by atoms with van der Waals surface area (Å²) in [4.78, 5) is 5.51. The summed E-state index contributed by atoms with van der Waals surface area (Å²) in [5.41, 5.74) is 2.22. The number of benzene rings is 1. The largest absolute Gasteiger partial charge is 0.436 e. The van der Waals surface area contributed by atoms with E-state index in [0.717, 1.165) is 40.3 Å². The first-order valence-corrected chi connectivity index (χ1v) is 8.32. The zero-order valence-electron chi connectivity index (χ0n) is 12.0. The molecule has 0 atom stereocenters. The third-order valence-electron chi connectivity index (χ3n) is 2.98. The van der Waals surface area contributed by atoms with Gasteiger partial charge in [0.15, 0.2) is 0 Å². The van der Waals surface area contributed by atoms with Crippen molar-refractivity contribution in [3.63, 3.8) is 0 Å². The van der Waals surface area contributed by atoms with Gasteiger partial charge in [-0.1, -0.05) is 28.9 Å². The Hall–Kier alpha value is -0.780. The summed E-state index contributed by atoms with van der Waals surface area (Å²) in [6.07, 6.45) is 1.15. The Balaban J connectivity index is 2.04. The minimum absolute atomic E-state index is 0.698. The van der Waals surface area contributed by atoms with Crippen molar-refractivity contribution in [2.75, 3.05) is 6.54 Å². The van der Waals surface area contributed by atoms with Crippen molar-refractivity contribution in [1.82, 2.24) is 10.3 Å². The van der Waals surface area contributed by atoms with Gasteiger partial charge in [-0.05, 0) is 56.3 Å². The van der Waals surface area contributed by atoms with Crippen LogP contribution >= 0.6 is 27.7 Å². The number of nitrogens with one attached hydrogen (secondary N) is 1. The summed E-state index contributed by atoms with van der Waals surface area (Å²) < 4.78 is 6.71. The standard InChI is InChI=1S/C15H19BrN2OS/c1-4-7-17-9-12-5-6-13(8-14(12)16)20-15-18-10(2)11(3)19-15/h5-6,8,17H,4,7,9H2,1-3H3. The Morgan fingerprint density at radius 2 is 2.15 bits per heavy atom. The summed E-state index contributed by atoms with van der Waals surface area (Å²) in [6.45, 7) is 7.99. The minimum atomic E-state index is 0.698. The first kappa shape index (κ1) is 15.6. The fraction of sp³-hybridized carbons (Fsp3) is 0.400. The zero-order valence-corrected chi connectivity index (χ0v) is 14.4. The van der Waals surface area contributed by atoms with E-state index in [1.807, 2.05) is 13.8 Å². The monoisotopic (exact) mass is 354 g/mol. The van der Waals surface area contributed by atoms with Gasteiger partial charge in [0.1, 0.15) is 5.76 Å². The van der Waals surface area contributed by atoms with Crippen molar-refractivity contribution in [3.05, 3.63) is 39.7 Å². The molecule has 0 aliphatic rings. The fourth-order valence-electron chi connectivity index (χ4n) is 1.72. The van der Waals surface area contributed by atoms with Gasteiger partial charge in [-0.2, -0.15) is 0 Å². The molecular weight excluding hydrogens is 336 g/mol. The first-order chi connectivity index (χ1) is 9.60. The molecule has 0 radical (unpaired) electrons. The Labute approximate surface area is 132 Å². The average molecular weight is 355 g/mol. The van der Waals surface area contributed by atoms with E-state index in [1.165, 1.54) is 5.56 Å². The van der Waals surface area contributed by atoms with Gasteiger partial charge in [-0.25, -0.2) is 4.98 Å². The van der Waals surface area contributed by atoms with Gasteiger partial charge in [-0.15, -0.1) is 0 Å². The van der Waals surface area contributed by atoms with Gasteiger partial charge >= 0.3 is 0 Å². The fourth-order valence-corrected chi connectivity index (χ4v) is 3.26. The molecule has 0 amide bonds. The summed E-state index contributed by atoms with van der Waals surface area (Å²) in [7, 11) is 0. The van der Waals surface area contributed by atoms with Crippen LogP contribution in [0.25, 0.3) is 0 Å². The van der Waals surface area contributed by atoms with Crippen LogP contribution in [0, 0.1) is 13.8 Å². The van der Waals surface area contributed by atoms with E-state index in [-0.39, 0.29) is 0 Å². The van der Waals surface area contributed by atoms with Gasteiger partial charge < -0.3 is 9.73 Å². The van der Waals surface area contributed by atoms with Crippen molar-refractivity contribution >= 4 is 27.7 Å². The third-order valence-corrected chi connectivity index (χ3v) is 4.56. The Kier molecular flexibility index (Phi) is 5.69. The highest BCUT2D eigenvalue weighted by Crippen LogP contribution is 2.31. The second-order valence-corrected chi connectivity index (χ2v) is 6.53. The maximum atomic E-state index is 5.59. The highest BCUT2D eigenvalue weighted by atomic mass is 79.9. The van der Waals surface area contributed by atoms with Crippen molar-refractivity contribution in [2.24, 2.45) is 0 Å². The molecule has 0 unspecified atom stereocenters. The number of hydrogen-bond donors (Lipinski definition) is 1. The van der Waals surface area contributed by atoms with Crippen LogP contribution < -0.4 is 5.32 Å². The molecule has 2 aromatic rings. The number of aromatic nitrogens is 1. The van der Waals surface area contributed by atoms with Crippen LogP contribution in [-0.2, 0) is 6.54 Å². The summed E-state index contributed by atoms with van der Waals surface area (Å²) in [6, 6.07) is 6.35. The van der Waals surface area contributed by atoms with Crippen molar-refractivity contribution in [3.8, 4) is 0 Å². The molecule has 20 heavy (non-hydrogen) atoms. The SMILES string of the molecule is CCCNCc1ccc(Sc2nc(C)c(C)o2)cc1Br. The number of halogens is 1. The van der Waals surface area contributed by atoms with E-state index in [0.29, 0.717) is 5.22 Å². The predicted molar refractivity (Wildman–Crippen MR) is 86.2 cm³/mol. The molecule has 1 N–H and O–H groups in total. The Morgan fingerprint density at radius 1 is 1.35 bits per heavy atom. The molecule has 1 aromatic heterocycles. The number of aryl methyl sites for hydroxylation is 2. The lowest BCUT2D eigenvalue weighted by Crippen LogP contribution is -2.14. The lowest BCUT2D eigenvalue weighted by Gasteiger charge is -2.07. The van der Waals surface area contributed by atoms with E-state index >= 15 is 0 Å². The van der Waals surface area contributed by atoms with Crippen LogP contribution in [0.5, 0.6) is 0 Å². The third kappa shape index (κ3) is 4.11. The maximum absolute atomic E-state index is 5.59. The minimum Gasteiger partial charge on any atom is -0.436 e. The number of rotatable bonds is 6. The highest BCUT2D eigenvalue weighted by molar-refractivity contribution is 9.10. The van der Waals surface area contributed by atoms with E-state index in [2.05, 4.69) is 51.4 Å². The highest BCUT2D eigenvalue weighted by Gasteiger charge is 2.09. The molecule has 1 aromatic carbocycles. The molecule has 108 valence electrons. The number of oxazole rings is 1. The van der Waals surface area contributed by atoms with Gasteiger partial charge in [0.05, 0.1) is 5.69 Å². The second-order valence-electron chi connectivity index (χ2n) is 4.65. The van der Waals surface area contributed by atoms with Crippen LogP contribution in [0.15, 0.2) is 37.2 Å². The normalized spacial score (nSPS) is 11.0. The molecule has 5 heteroatoms.